The van der Waals surface area contributed by atoms with Crippen molar-refractivity contribution in [3.05, 3.63) is 60.7 Å². The molecule has 20 heavy (non-hydrogen) atoms. The van der Waals surface area contributed by atoms with Gasteiger partial charge in [0.1, 0.15) is 0 Å². The first-order valence-electron chi connectivity index (χ1n) is 5.58. The Bertz CT molecular complexity index is 669. The van der Waals surface area contributed by atoms with Gasteiger partial charge in [-0.05, 0) is 81.6 Å². The summed E-state index contributed by atoms with van der Waals surface area (Å²) >= 11 is 4.13. The Hall–Kier alpha value is -1.16. The van der Waals surface area contributed by atoms with Gasteiger partial charge in [0.25, 0.3) is 5.91 Å². The van der Waals surface area contributed by atoms with Gasteiger partial charge in [-0.2, -0.15) is 0 Å². The van der Waals surface area contributed by atoms with Crippen molar-refractivity contribution >= 4 is 62.7 Å². The highest BCUT2D eigenvalue weighted by molar-refractivity contribution is 14.1. The van der Waals surface area contributed by atoms with Gasteiger partial charge in [0.2, 0.25) is 0 Å². The number of carbonyl (C=O) groups is 2. The second kappa shape index (κ2) is 6.53. The molecule has 0 aliphatic heterocycles. The van der Waals surface area contributed by atoms with Gasteiger partial charge in [-0.1, -0.05) is 6.07 Å². The second-order valence-corrected chi connectivity index (χ2v) is 6.34. The normalized spacial score (nSPS) is 10.1. The van der Waals surface area contributed by atoms with E-state index in [4.69, 9.17) is 5.11 Å². The van der Waals surface area contributed by atoms with Crippen molar-refractivity contribution in [1.82, 2.24) is 0 Å². The Kier molecular flexibility index (Phi) is 4.97. The Balaban J connectivity index is 2.34. The number of benzene rings is 2. The number of halogens is 2. The summed E-state index contributed by atoms with van der Waals surface area (Å²) in [5.74, 6) is -1.54. The van der Waals surface area contributed by atoms with Crippen LogP contribution in [0.4, 0.5) is 5.69 Å². The number of hydrogen-bond donors (Lipinski definition) is 2. The molecule has 2 aromatic rings. The van der Waals surface area contributed by atoms with Crippen LogP contribution in [0.25, 0.3) is 0 Å². The molecule has 1 amide bonds. The molecule has 4 nitrogen and oxygen atoms in total. The lowest BCUT2D eigenvalue weighted by Gasteiger charge is -2.09. The molecule has 0 unspecified atom stereocenters. The van der Waals surface area contributed by atoms with E-state index >= 15 is 0 Å². The lowest BCUT2D eigenvalue weighted by molar-refractivity contribution is 0.0692. The van der Waals surface area contributed by atoms with Crippen LogP contribution in [0.5, 0.6) is 0 Å². The monoisotopic (exact) mass is 493 g/mol. The van der Waals surface area contributed by atoms with Crippen LogP contribution < -0.4 is 5.32 Å². The zero-order valence-electron chi connectivity index (χ0n) is 10.1. The van der Waals surface area contributed by atoms with Crippen LogP contribution in [0.1, 0.15) is 20.7 Å². The molecule has 0 aliphatic carbocycles. The van der Waals surface area contributed by atoms with Crippen molar-refractivity contribution in [3.63, 3.8) is 0 Å². The van der Waals surface area contributed by atoms with Crippen molar-refractivity contribution in [3.8, 4) is 0 Å². The molecule has 102 valence electrons. The Morgan fingerprint density at radius 2 is 1.65 bits per heavy atom. The molecule has 0 atom stereocenters. The van der Waals surface area contributed by atoms with E-state index in [2.05, 4.69) is 27.9 Å². The molecule has 0 radical (unpaired) electrons. The van der Waals surface area contributed by atoms with Gasteiger partial charge in [0.15, 0.2) is 0 Å². The fraction of sp³-hybridized carbons (Fsp3) is 0. The van der Waals surface area contributed by atoms with Gasteiger partial charge >= 0.3 is 5.97 Å². The molecule has 0 bridgehead atoms. The van der Waals surface area contributed by atoms with E-state index in [9.17, 15) is 9.59 Å². The highest BCUT2D eigenvalue weighted by Crippen LogP contribution is 2.20. The number of nitrogens with one attached hydrogen (secondary N) is 1. The molecule has 0 aromatic heterocycles. The predicted molar refractivity (Wildman–Crippen MR) is 93.2 cm³/mol. The largest absolute Gasteiger partial charge is 0.478 e. The van der Waals surface area contributed by atoms with Crippen LogP contribution >= 0.6 is 45.2 Å². The summed E-state index contributed by atoms with van der Waals surface area (Å²) in [6.07, 6.45) is 0. The van der Waals surface area contributed by atoms with E-state index in [0.29, 0.717) is 9.26 Å². The topological polar surface area (TPSA) is 66.4 Å². The Morgan fingerprint density at radius 1 is 1.00 bits per heavy atom. The van der Waals surface area contributed by atoms with Crippen molar-refractivity contribution in [2.75, 3.05) is 5.32 Å². The summed E-state index contributed by atoms with van der Waals surface area (Å²) in [6, 6.07) is 12.0. The van der Waals surface area contributed by atoms with Crippen molar-refractivity contribution in [1.29, 1.82) is 0 Å². The summed E-state index contributed by atoms with van der Waals surface area (Å²) in [6.45, 7) is 0. The second-order valence-electron chi connectivity index (χ2n) is 3.93. The van der Waals surface area contributed by atoms with Crippen LogP contribution in [-0.4, -0.2) is 17.0 Å². The smallest absolute Gasteiger partial charge is 0.336 e. The highest BCUT2D eigenvalue weighted by Gasteiger charge is 2.19. The highest BCUT2D eigenvalue weighted by atomic mass is 127. The van der Waals surface area contributed by atoms with Crippen LogP contribution in [0.15, 0.2) is 42.5 Å². The third-order valence-electron chi connectivity index (χ3n) is 2.57. The van der Waals surface area contributed by atoms with Gasteiger partial charge in [-0.15, -0.1) is 0 Å². The average Bonchev–Trinajstić information content (AvgIpc) is 2.40. The molecule has 2 N–H and O–H groups in total. The third kappa shape index (κ3) is 3.48. The fourth-order valence-corrected chi connectivity index (χ4v) is 2.76. The van der Waals surface area contributed by atoms with E-state index in [0.717, 1.165) is 3.57 Å². The number of rotatable bonds is 3. The molecular formula is C14H9I2NO3. The predicted octanol–water partition coefficient (Wildman–Crippen LogP) is 3.85. The lowest BCUT2D eigenvalue weighted by atomic mass is 10.1. The number of aromatic carboxylic acids is 1. The van der Waals surface area contributed by atoms with Crippen LogP contribution in [-0.2, 0) is 0 Å². The van der Waals surface area contributed by atoms with E-state index in [1.54, 1.807) is 24.3 Å². The first-order chi connectivity index (χ1) is 9.49. The van der Waals surface area contributed by atoms with Gasteiger partial charge in [0.05, 0.1) is 11.1 Å². The van der Waals surface area contributed by atoms with Crippen LogP contribution in [0, 0.1) is 7.14 Å². The number of amides is 1. The molecular weight excluding hydrogens is 484 g/mol. The molecule has 0 spiro atoms. The molecule has 0 heterocycles. The summed E-state index contributed by atoms with van der Waals surface area (Å²) in [4.78, 5) is 23.5. The SMILES string of the molecule is O=C(O)c1cccc(I)c1C(=O)Nc1ccc(I)cc1. The molecule has 0 aliphatic rings. The lowest BCUT2D eigenvalue weighted by Crippen LogP contribution is -2.18. The first kappa shape index (κ1) is 15.2. The third-order valence-corrected chi connectivity index (χ3v) is 4.19. The minimum Gasteiger partial charge on any atom is -0.478 e. The van der Waals surface area contributed by atoms with Crippen LogP contribution in [0.2, 0.25) is 0 Å². The number of anilines is 1. The Labute approximate surface area is 142 Å². The molecule has 2 aromatic carbocycles. The molecule has 0 saturated heterocycles. The van der Waals surface area contributed by atoms with Gasteiger partial charge < -0.3 is 10.4 Å². The summed E-state index contributed by atoms with van der Waals surface area (Å²) in [5, 5.41) is 11.9. The summed E-state index contributed by atoms with van der Waals surface area (Å²) < 4.78 is 1.66. The summed E-state index contributed by atoms with van der Waals surface area (Å²) in [7, 11) is 0. The minimum absolute atomic E-state index is 0.0000818. The summed E-state index contributed by atoms with van der Waals surface area (Å²) in [5.41, 5.74) is 0.811. The Morgan fingerprint density at radius 3 is 2.25 bits per heavy atom. The van der Waals surface area contributed by atoms with Crippen LogP contribution in [0.3, 0.4) is 0 Å². The van der Waals surface area contributed by atoms with Crippen molar-refractivity contribution in [2.24, 2.45) is 0 Å². The quantitative estimate of drug-likeness (QED) is 0.640. The molecule has 0 fully saturated rings. The van der Waals surface area contributed by atoms with E-state index in [-0.39, 0.29) is 11.1 Å². The molecule has 0 saturated carbocycles. The molecule has 2 rings (SSSR count). The van der Waals surface area contributed by atoms with E-state index in [1.165, 1.54) is 6.07 Å². The number of carboxylic acid groups (broad SMARTS) is 1. The average molecular weight is 493 g/mol. The molecule has 6 heteroatoms. The first-order valence-corrected chi connectivity index (χ1v) is 7.73. The number of hydrogen-bond acceptors (Lipinski definition) is 2. The van der Waals surface area contributed by atoms with Gasteiger partial charge in [-0.3, -0.25) is 4.79 Å². The van der Waals surface area contributed by atoms with Gasteiger partial charge in [0, 0.05) is 12.8 Å². The maximum Gasteiger partial charge on any atom is 0.336 e. The number of carbonyl (C=O) groups excluding carboxylic acids is 1. The standard InChI is InChI=1S/C14H9I2NO3/c15-8-4-6-9(7-5-8)17-13(18)12-10(14(19)20)2-1-3-11(12)16/h1-7H,(H,17,18)(H,19,20). The van der Waals surface area contributed by atoms with Gasteiger partial charge in [-0.25, -0.2) is 4.79 Å². The fourth-order valence-electron chi connectivity index (χ4n) is 1.66. The van der Waals surface area contributed by atoms with E-state index < -0.39 is 11.9 Å². The zero-order chi connectivity index (χ0) is 14.7. The minimum atomic E-state index is -1.11. The maximum absolute atomic E-state index is 12.3. The van der Waals surface area contributed by atoms with Crippen molar-refractivity contribution < 1.29 is 14.7 Å². The number of carboxylic acids is 1. The maximum atomic E-state index is 12.3. The zero-order valence-corrected chi connectivity index (χ0v) is 14.4. The van der Waals surface area contributed by atoms with E-state index in [1.807, 2.05) is 34.7 Å². The van der Waals surface area contributed by atoms with Crippen molar-refractivity contribution in [2.45, 2.75) is 0 Å².